The van der Waals surface area contributed by atoms with E-state index in [1.807, 2.05) is 24.3 Å². The number of ether oxygens (including phenoxy) is 2. The van der Waals surface area contributed by atoms with Gasteiger partial charge in [0.1, 0.15) is 19.0 Å². The maximum atomic E-state index is 13.6. The second-order valence-electron chi connectivity index (χ2n) is 6.00. The standard InChI is InChI=1S/C20H24FN3O2/c1-22-20(24-11-9-16-4-2-3-5-17(16)21)23-10-8-15-6-7-18-19(14-15)26-13-12-25-18/h2-7,14H,8-13H2,1H3,(H2,22,23,24). The molecular formula is C20H24FN3O2. The van der Waals surface area contributed by atoms with Crippen LogP contribution in [0.3, 0.4) is 0 Å². The van der Waals surface area contributed by atoms with Crippen LogP contribution in [0, 0.1) is 5.82 Å². The highest BCUT2D eigenvalue weighted by Crippen LogP contribution is 2.30. The van der Waals surface area contributed by atoms with Gasteiger partial charge in [-0.05, 0) is 42.2 Å². The van der Waals surface area contributed by atoms with Crippen LogP contribution in [0.1, 0.15) is 11.1 Å². The van der Waals surface area contributed by atoms with E-state index in [-0.39, 0.29) is 5.82 Å². The molecule has 1 heterocycles. The first kappa shape index (κ1) is 18.0. The normalized spacial score (nSPS) is 13.4. The Morgan fingerprint density at radius 2 is 1.73 bits per heavy atom. The zero-order valence-electron chi connectivity index (χ0n) is 14.9. The third-order valence-electron chi connectivity index (χ3n) is 4.18. The van der Waals surface area contributed by atoms with Gasteiger partial charge in [0.25, 0.3) is 0 Å². The Bertz CT molecular complexity index is 764. The Kier molecular flexibility index (Phi) is 6.30. The van der Waals surface area contributed by atoms with Gasteiger partial charge < -0.3 is 20.1 Å². The van der Waals surface area contributed by atoms with Gasteiger partial charge in [0.15, 0.2) is 17.5 Å². The molecule has 0 spiro atoms. The van der Waals surface area contributed by atoms with E-state index in [4.69, 9.17) is 9.47 Å². The van der Waals surface area contributed by atoms with Gasteiger partial charge in [-0.2, -0.15) is 0 Å². The number of guanidine groups is 1. The predicted molar refractivity (Wildman–Crippen MR) is 101 cm³/mol. The topological polar surface area (TPSA) is 54.9 Å². The Hall–Kier alpha value is -2.76. The average molecular weight is 357 g/mol. The fourth-order valence-corrected chi connectivity index (χ4v) is 2.81. The number of nitrogens with one attached hydrogen (secondary N) is 2. The number of hydrogen-bond acceptors (Lipinski definition) is 3. The van der Waals surface area contributed by atoms with Crippen LogP contribution in [0.5, 0.6) is 11.5 Å². The molecule has 6 heteroatoms. The molecule has 0 amide bonds. The van der Waals surface area contributed by atoms with Crippen molar-refractivity contribution in [3.05, 3.63) is 59.4 Å². The average Bonchev–Trinajstić information content (AvgIpc) is 2.68. The van der Waals surface area contributed by atoms with Crippen LogP contribution in [0.15, 0.2) is 47.5 Å². The second kappa shape index (κ2) is 9.08. The summed E-state index contributed by atoms with van der Waals surface area (Å²) in [5.74, 6) is 2.15. The number of benzene rings is 2. The van der Waals surface area contributed by atoms with E-state index in [1.165, 1.54) is 11.6 Å². The quantitative estimate of drug-likeness (QED) is 0.616. The number of aliphatic imine (C=N–C) groups is 1. The van der Waals surface area contributed by atoms with Crippen molar-refractivity contribution < 1.29 is 13.9 Å². The number of nitrogens with zero attached hydrogens (tertiary/aromatic N) is 1. The van der Waals surface area contributed by atoms with E-state index in [0.29, 0.717) is 37.7 Å². The van der Waals surface area contributed by atoms with Crippen LogP contribution in [-0.4, -0.2) is 39.3 Å². The van der Waals surface area contributed by atoms with Gasteiger partial charge in [-0.1, -0.05) is 24.3 Å². The summed E-state index contributed by atoms with van der Waals surface area (Å²) >= 11 is 0. The lowest BCUT2D eigenvalue weighted by molar-refractivity contribution is 0.171. The van der Waals surface area contributed by atoms with Crippen molar-refractivity contribution in [2.24, 2.45) is 4.99 Å². The molecule has 2 aromatic rings. The maximum absolute atomic E-state index is 13.6. The lowest BCUT2D eigenvalue weighted by atomic mass is 10.1. The van der Waals surface area contributed by atoms with Gasteiger partial charge in [-0.15, -0.1) is 0 Å². The molecule has 5 nitrogen and oxygen atoms in total. The summed E-state index contributed by atoms with van der Waals surface area (Å²) in [5.41, 5.74) is 1.87. The number of halogens is 1. The molecular weight excluding hydrogens is 333 g/mol. The first-order valence-corrected chi connectivity index (χ1v) is 8.82. The van der Waals surface area contributed by atoms with Gasteiger partial charge in [-0.25, -0.2) is 4.39 Å². The Labute approximate surface area is 153 Å². The summed E-state index contributed by atoms with van der Waals surface area (Å²) in [6.45, 7) is 2.54. The van der Waals surface area contributed by atoms with Gasteiger partial charge in [-0.3, -0.25) is 4.99 Å². The molecule has 1 aliphatic rings. The first-order valence-electron chi connectivity index (χ1n) is 8.82. The van der Waals surface area contributed by atoms with Crippen molar-refractivity contribution in [3.8, 4) is 11.5 Å². The zero-order valence-corrected chi connectivity index (χ0v) is 14.9. The lowest BCUT2D eigenvalue weighted by Crippen LogP contribution is -2.39. The Morgan fingerprint density at radius 3 is 2.50 bits per heavy atom. The van der Waals surface area contributed by atoms with Crippen molar-refractivity contribution in [1.82, 2.24) is 10.6 Å². The van der Waals surface area contributed by atoms with Crippen LogP contribution in [0.2, 0.25) is 0 Å². The van der Waals surface area contributed by atoms with Gasteiger partial charge in [0, 0.05) is 20.1 Å². The molecule has 0 aromatic heterocycles. The highest BCUT2D eigenvalue weighted by atomic mass is 19.1. The van der Waals surface area contributed by atoms with Crippen LogP contribution in [0.4, 0.5) is 4.39 Å². The zero-order chi connectivity index (χ0) is 18.2. The SMILES string of the molecule is CN=C(NCCc1ccc2c(c1)OCCO2)NCCc1ccccc1F. The summed E-state index contributed by atoms with van der Waals surface area (Å²) in [4.78, 5) is 4.20. The largest absolute Gasteiger partial charge is 0.486 e. The highest BCUT2D eigenvalue weighted by Gasteiger charge is 2.11. The third kappa shape index (κ3) is 4.88. The van der Waals surface area contributed by atoms with Gasteiger partial charge in [0.2, 0.25) is 0 Å². The van der Waals surface area contributed by atoms with Gasteiger partial charge in [0.05, 0.1) is 0 Å². The summed E-state index contributed by atoms with van der Waals surface area (Å²) in [7, 11) is 1.72. The smallest absolute Gasteiger partial charge is 0.190 e. The van der Waals surface area contributed by atoms with E-state index >= 15 is 0 Å². The summed E-state index contributed by atoms with van der Waals surface area (Å²) in [6.07, 6.45) is 1.44. The number of fused-ring (bicyclic) bond motifs is 1. The molecule has 1 aliphatic heterocycles. The van der Waals surface area contributed by atoms with Crippen LogP contribution >= 0.6 is 0 Å². The van der Waals surface area contributed by atoms with Crippen molar-refractivity contribution >= 4 is 5.96 Å². The van der Waals surface area contributed by atoms with Crippen molar-refractivity contribution in [3.63, 3.8) is 0 Å². The van der Waals surface area contributed by atoms with E-state index < -0.39 is 0 Å². The Balaban J connectivity index is 1.42. The van der Waals surface area contributed by atoms with Crippen molar-refractivity contribution in [2.75, 3.05) is 33.4 Å². The first-order chi connectivity index (χ1) is 12.8. The molecule has 0 atom stereocenters. The lowest BCUT2D eigenvalue weighted by Gasteiger charge is -2.19. The van der Waals surface area contributed by atoms with E-state index in [2.05, 4.69) is 15.6 Å². The molecule has 0 saturated heterocycles. The number of rotatable bonds is 6. The van der Waals surface area contributed by atoms with Crippen molar-refractivity contribution in [2.45, 2.75) is 12.8 Å². The molecule has 0 aliphatic carbocycles. The highest BCUT2D eigenvalue weighted by molar-refractivity contribution is 5.79. The molecule has 2 N–H and O–H groups in total. The van der Waals surface area contributed by atoms with Crippen LogP contribution in [0.25, 0.3) is 0 Å². The summed E-state index contributed by atoms with van der Waals surface area (Å²) in [5, 5.41) is 6.48. The van der Waals surface area contributed by atoms with E-state index in [0.717, 1.165) is 24.5 Å². The molecule has 138 valence electrons. The molecule has 0 unspecified atom stereocenters. The maximum Gasteiger partial charge on any atom is 0.190 e. The minimum absolute atomic E-state index is 0.171. The fourth-order valence-electron chi connectivity index (χ4n) is 2.81. The van der Waals surface area contributed by atoms with E-state index in [1.54, 1.807) is 19.2 Å². The number of hydrogen-bond donors (Lipinski definition) is 2. The summed E-state index contributed by atoms with van der Waals surface area (Å²) < 4.78 is 24.8. The monoisotopic (exact) mass is 357 g/mol. The van der Waals surface area contributed by atoms with Crippen LogP contribution < -0.4 is 20.1 Å². The molecule has 26 heavy (non-hydrogen) atoms. The molecule has 0 radical (unpaired) electrons. The molecule has 0 fully saturated rings. The molecule has 0 bridgehead atoms. The van der Waals surface area contributed by atoms with Gasteiger partial charge >= 0.3 is 0 Å². The third-order valence-corrected chi connectivity index (χ3v) is 4.18. The van der Waals surface area contributed by atoms with Crippen LogP contribution in [-0.2, 0) is 12.8 Å². The molecule has 0 saturated carbocycles. The summed E-state index contributed by atoms with van der Waals surface area (Å²) in [6, 6.07) is 12.8. The molecule has 2 aromatic carbocycles. The minimum Gasteiger partial charge on any atom is -0.486 e. The molecule has 3 rings (SSSR count). The Morgan fingerprint density at radius 1 is 1.00 bits per heavy atom. The predicted octanol–water partition coefficient (Wildman–Crippen LogP) is 2.55. The fraction of sp³-hybridized carbons (Fsp3) is 0.350. The second-order valence-corrected chi connectivity index (χ2v) is 6.00. The van der Waals surface area contributed by atoms with E-state index in [9.17, 15) is 4.39 Å². The minimum atomic E-state index is -0.171. The van der Waals surface area contributed by atoms with Crippen molar-refractivity contribution in [1.29, 1.82) is 0 Å².